The number of aromatic nitrogens is 2. The van der Waals surface area contributed by atoms with Gasteiger partial charge in [-0.3, -0.25) is 0 Å². The molecule has 3 aromatic rings. The number of anilines is 3. The van der Waals surface area contributed by atoms with E-state index in [4.69, 9.17) is 11.5 Å². The molecule has 0 aliphatic rings. The Bertz CT molecular complexity index is 1010. The molecule has 0 unspecified atom stereocenters. The van der Waals surface area contributed by atoms with Gasteiger partial charge in [0.25, 0.3) is 0 Å². The number of hydrogen-bond donors (Lipinski definition) is 3. The smallest absolute Gasteiger partial charge is 0.398 e. The monoisotopic (exact) mass is 390 g/mol. The lowest BCUT2D eigenvalue weighted by Gasteiger charge is -2.15. The number of hydrogen-bond acceptors (Lipinski definition) is 6. The molecule has 1 aromatic heterocycles. The van der Waals surface area contributed by atoms with Gasteiger partial charge in [-0.25, -0.2) is 19.8 Å². The molecule has 0 bridgehead atoms. The molecule has 0 atom stereocenters. The largest absolute Gasteiger partial charge is 0.419 e. The molecule has 144 valence electrons. The van der Waals surface area contributed by atoms with Crippen LogP contribution < -0.4 is 16.9 Å². The Morgan fingerprint density at radius 3 is 2.32 bits per heavy atom. The first-order valence-electron chi connectivity index (χ1n) is 7.89. The Balaban J connectivity index is 2.00. The molecule has 0 radical (unpaired) electrons. The predicted octanol–water partition coefficient (Wildman–Crippen LogP) is 3.91. The van der Waals surface area contributed by atoms with Crippen molar-refractivity contribution in [3.63, 3.8) is 0 Å². The van der Waals surface area contributed by atoms with E-state index >= 15 is 0 Å². The molecule has 2 aromatic carbocycles. The summed E-state index contributed by atoms with van der Waals surface area (Å²) in [5.74, 6) is -0.745. The van der Waals surface area contributed by atoms with Crippen LogP contribution >= 0.6 is 0 Å². The summed E-state index contributed by atoms with van der Waals surface area (Å²) in [7, 11) is 0. The third-order valence-electron chi connectivity index (χ3n) is 3.73. The minimum absolute atomic E-state index is 0.0324. The van der Waals surface area contributed by atoms with Crippen molar-refractivity contribution < 1.29 is 17.6 Å². The van der Waals surface area contributed by atoms with E-state index in [1.54, 1.807) is 6.07 Å². The maximum atomic E-state index is 13.6. The van der Waals surface area contributed by atoms with Gasteiger partial charge < -0.3 is 11.5 Å². The number of hydrazone groups is 1. The number of nitrogens with one attached hydrogen (secondary N) is 1. The second kappa shape index (κ2) is 7.51. The molecule has 10 heteroatoms. The minimum atomic E-state index is -4.72. The van der Waals surface area contributed by atoms with E-state index in [2.05, 4.69) is 20.5 Å². The number of halogens is 4. The van der Waals surface area contributed by atoms with Crippen molar-refractivity contribution in [2.75, 3.05) is 16.9 Å². The number of nitrogens with two attached hydrogens (primary N) is 2. The Hall–Kier alpha value is -3.69. The normalized spacial score (nSPS) is 11.7. The summed E-state index contributed by atoms with van der Waals surface area (Å²) in [5.41, 5.74) is 12.6. The van der Waals surface area contributed by atoms with E-state index in [0.29, 0.717) is 6.20 Å². The zero-order valence-electron chi connectivity index (χ0n) is 14.2. The maximum Gasteiger partial charge on any atom is 0.419 e. The highest BCUT2D eigenvalue weighted by Crippen LogP contribution is 2.40. The fourth-order valence-corrected chi connectivity index (χ4v) is 2.44. The van der Waals surface area contributed by atoms with E-state index in [0.717, 1.165) is 6.21 Å². The van der Waals surface area contributed by atoms with Gasteiger partial charge in [-0.15, -0.1) is 0 Å². The number of nitrogen functional groups attached to an aromatic ring is 2. The third kappa shape index (κ3) is 4.00. The minimum Gasteiger partial charge on any atom is -0.398 e. The lowest BCUT2D eigenvalue weighted by molar-refractivity contribution is -0.137. The predicted molar refractivity (Wildman–Crippen MR) is 98.9 cm³/mol. The van der Waals surface area contributed by atoms with Gasteiger partial charge in [0.15, 0.2) is 0 Å². The van der Waals surface area contributed by atoms with Gasteiger partial charge in [0.2, 0.25) is 5.95 Å². The molecule has 3 rings (SSSR count). The van der Waals surface area contributed by atoms with E-state index in [1.807, 2.05) is 0 Å². The fraction of sp³-hybridized carbons (Fsp3) is 0.0556. The van der Waals surface area contributed by atoms with Crippen molar-refractivity contribution >= 4 is 23.5 Å². The van der Waals surface area contributed by atoms with Crippen molar-refractivity contribution in [2.45, 2.75) is 6.18 Å². The molecular weight excluding hydrogens is 376 g/mol. The van der Waals surface area contributed by atoms with E-state index in [1.165, 1.54) is 36.4 Å². The van der Waals surface area contributed by atoms with Gasteiger partial charge >= 0.3 is 6.18 Å². The molecule has 0 aliphatic heterocycles. The van der Waals surface area contributed by atoms with Crippen molar-refractivity contribution in [1.29, 1.82) is 0 Å². The highest BCUT2D eigenvalue weighted by atomic mass is 19.4. The molecule has 5 N–H and O–H groups in total. The maximum absolute atomic E-state index is 13.6. The van der Waals surface area contributed by atoms with Crippen molar-refractivity contribution in [2.24, 2.45) is 5.10 Å². The van der Waals surface area contributed by atoms with Crippen molar-refractivity contribution in [3.8, 4) is 11.3 Å². The Kier molecular flexibility index (Phi) is 5.12. The zero-order chi connectivity index (χ0) is 20.3. The van der Waals surface area contributed by atoms with Crippen LogP contribution in [0.2, 0.25) is 0 Å². The first-order chi connectivity index (χ1) is 13.3. The topological polar surface area (TPSA) is 102 Å². The van der Waals surface area contributed by atoms with Gasteiger partial charge in [-0.2, -0.15) is 18.3 Å². The SMILES string of the molecule is Nc1cccc(N)c1-c1nc(NN=Cc2ccccc2F)ncc1C(F)(F)F. The molecule has 1 heterocycles. The summed E-state index contributed by atoms with van der Waals surface area (Å²) in [6.07, 6.45) is -2.96. The second-order valence-corrected chi connectivity index (χ2v) is 5.66. The summed E-state index contributed by atoms with van der Waals surface area (Å²) in [5, 5.41) is 3.76. The number of benzene rings is 2. The number of alkyl halides is 3. The first kappa shape index (κ1) is 19.1. The Labute approximate surface area is 156 Å². The highest BCUT2D eigenvalue weighted by Gasteiger charge is 2.36. The van der Waals surface area contributed by atoms with Crippen LogP contribution in [-0.2, 0) is 6.18 Å². The third-order valence-corrected chi connectivity index (χ3v) is 3.73. The number of rotatable bonds is 4. The quantitative estimate of drug-likeness (QED) is 0.271. The van der Waals surface area contributed by atoms with E-state index < -0.39 is 23.3 Å². The summed E-state index contributed by atoms with van der Waals surface area (Å²) < 4.78 is 53.8. The molecule has 0 saturated carbocycles. The van der Waals surface area contributed by atoms with Crippen LogP contribution in [0.4, 0.5) is 34.9 Å². The van der Waals surface area contributed by atoms with Crippen LogP contribution in [0.1, 0.15) is 11.1 Å². The van der Waals surface area contributed by atoms with Gasteiger partial charge in [-0.1, -0.05) is 24.3 Å². The molecule has 0 fully saturated rings. The van der Waals surface area contributed by atoms with Crippen LogP contribution in [-0.4, -0.2) is 16.2 Å². The van der Waals surface area contributed by atoms with Gasteiger partial charge in [-0.05, 0) is 18.2 Å². The summed E-state index contributed by atoms with van der Waals surface area (Å²) in [4.78, 5) is 7.49. The second-order valence-electron chi connectivity index (χ2n) is 5.66. The molecule has 28 heavy (non-hydrogen) atoms. The van der Waals surface area contributed by atoms with Crippen molar-refractivity contribution in [3.05, 3.63) is 65.6 Å². The highest BCUT2D eigenvalue weighted by molar-refractivity contribution is 5.86. The van der Waals surface area contributed by atoms with Crippen LogP contribution in [0.15, 0.2) is 53.8 Å². The Morgan fingerprint density at radius 2 is 1.68 bits per heavy atom. The lowest BCUT2D eigenvalue weighted by atomic mass is 10.0. The fourth-order valence-electron chi connectivity index (χ4n) is 2.44. The van der Waals surface area contributed by atoms with Gasteiger partial charge in [0.05, 0.1) is 11.9 Å². The molecule has 0 spiro atoms. The lowest BCUT2D eigenvalue weighted by Crippen LogP contribution is -2.12. The summed E-state index contributed by atoms with van der Waals surface area (Å²) in [6, 6.07) is 10.2. The molecule has 6 nitrogen and oxygen atoms in total. The molecule has 0 saturated heterocycles. The van der Waals surface area contributed by atoms with Crippen LogP contribution in [0.3, 0.4) is 0 Å². The molecular formula is C18H14F4N6. The van der Waals surface area contributed by atoms with Crippen LogP contribution in [0, 0.1) is 5.82 Å². The van der Waals surface area contributed by atoms with Crippen LogP contribution in [0.25, 0.3) is 11.3 Å². The van der Waals surface area contributed by atoms with Gasteiger partial charge in [0.1, 0.15) is 11.4 Å². The van der Waals surface area contributed by atoms with Gasteiger partial charge in [0, 0.05) is 28.7 Å². The van der Waals surface area contributed by atoms with Crippen molar-refractivity contribution in [1.82, 2.24) is 9.97 Å². The van der Waals surface area contributed by atoms with Crippen LogP contribution in [0.5, 0.6) is 0 Å². The summed E-state index contributed by atoms with van der Waals surface area (Å²) in [6.45, 7) is 0. The van der Waals surface area contributed by atoms with E-state index in [9.17, 15) is 17.6 Å². The standard InChI is InChI=1S/C18H14F4N6/c19-12-5-2-1-4-10(12)8-26-28-17-25-9-11(18(20,21)22)16(27-17)15-13(23)6-3-7-14(15)24/h1-9H,23-24H2,(H,25,27,28). The molecule has 0 amide bonds. The Morgan fingerprint density at radius 1 is 1.00 bits per heavy atom. The average Bonchev–Trinajstić information content (AvgIpc) is 2.62. The average molecular weight is 390 g/mol. The molecule has 0 aliphatic carbocycles. The number of nitrogens with zero attached hydrogens (tertiary/aromatic N) is 3. The van der Waals surface area contributed by atoms with E-state index in [-0.39, 0.29) is 28.5 Å². The first-order valence-corrected chi connectivity index (χ1v) is 7.89. The summed E-state index contributed by atoms with van der Waals surface area (Å²) >= 11 is 0. The zero-order valence-corrected chi connectivity index (χ0v) is 14.2.